The van der Waals surface area contributed by atoms with E-state index in [0.29, 0.717) is 31.5 Å². The van der Waals surface area contributed by atoms with Gasteiger partial charge in [-0.1, -0.05) is 12.1 Å². The molecule has 2 aromatic rings. The number of para-hydroxylation sites is 1. The van der Waals surface area contributed by atoms with Crippen LogP contribution in [0.1, 0.15) is 37.1 Å². The summed E-state index contributed by atoms with van der Waals surface area (Å²) in [5, 5.41) is 13.6. The molecule has 2 atom stereocenters. The third-order valence-corrected chi connectivity index (χ3v) is 5.71. The number of fused-ring (bicyclic) bond motifs is 2. The number of rotatable bonds is 2. The third-order valence-electron chi connectivity index (χ3n) is 5.71. The monoisotopic (exact) mass is 394 g/mol. The molecule has 2 bridgehead atoms. The highest BCUT2D eigenvalue weighted by molar-refractivity contribution is 5.91. The number of hydrogen-bond donors (Lipinski definition) is 2. The maximum atomic E-state index is 13.2. The number of alkyl halides is 3. The minimum absolute atomic E-state index is 0.251. The van der Waals surface area contributed by atoms with Gasteiger partial charge in [0.05, 0.1) is 11.3 Å². The Hall–Kier alpha value is -2.55. The van der Waals surface area contributed by atoms with Crippen LogP contribution in [0.4, 0.5) is 23.7 Å². The molecule has 1 aromatic carbocycles. The van der Waals surface area contributed by atoms with Gasteiger partial charge in [0, 0.05) is 44.4 Å². The van der Waals surface area contributed by atoms with Crippen molar-refractivity contribution in [2.75, 3.05) is 5.32 Å². The van der Waals surface area contributed by atoms with Crippen LogP contribution in [-0.4, -0.2) is 37.7 Å². The van der Waals surface area contributed by atoms with Crippen LogP contribution in [0.15, 0.2) is 36.7 Å². The predicted octanol–water partition coefficient (Wildman–Crippen LogP) is 3.49. The quantitative estimate of drug-likeness (QED) is 0.819. The lowest BCUT2D eigenvalue weighted by Gasteiger charge is -2.43. The van der Waals surface area contributed by atoms with Crippen LogP contribution in [0.5, 0.6) is 0 Å². The molecular weight excluding hydrogens is 373 g/mol. The normalized spacial score (nSPS) is 27.1. The van der Waals surface area contributed by atoms with Crippen LogP contribution in [-0.2, 0) is 18.8 Å². The van der Waals surface area contributed by atoms with Crippen molar-refractivity contribution in [3.05, 3.63) is 48.0 Å². The van der Waals surface area contributed by atoms with Crippen LogP contribution in [0.3, 0.4) is 0 Å². The molecule has 2 N–H and O–H groups in total. The minimum atomic E-state index is -4.55. The molecule has 2 amide bonds. The van der Waals surface area contributed by atoms with Gasteiger partial charge in [-0.3, -0.25) is 0 Å². The van der Waals surface area contributed by atoms with Crippen molar-refractivity contribution >= 4 is 11.7 Å². The summed E-state index contributed by atoms with van der Waals surface area (Å²) in [6, 6.07) is 3.87. The Morgan fingerprint density at radius 2 is 1.89 bits per heavy atom. The number of imidazole rings is 1. The molecule has 6 nitrogen and oxygen atoms in total. The van der Waals surface area contributed by atoms with Gasteiger partial charge < -0.3 is 19.9 Å². The van der Waals surface area contributed by atoms with E-state index in [2.05, 4.69) is 10.3 Å². The van der Waals surface area contributed by atoms with E-state index in [-0.39, 0.29) is 17.8 Å². The maximum absolute atomic E-state index is 13.2. The topological polar surface area (TPSA) is 70.4 Å². The number of anilines is 1. The smallest absolute Gasteiger partial charge is 0.382 e. The highest BCUT2D eigenvalue weighted by atomic mass is 19.4. The van der Waals surface area contributed by atoms with Crippen molar-refractivity contribution in [1.82, 2.24) is 14.5 Å². The fourth-order valence-corrected chi connectivity index (χ4v) is 4.57. The first-order chi connectivity index (χ1) is 13.2. The molecule has 4 rings (SSSR count). The van der Waals surface area contributed by atoms with Gasteiger partial charge in [0.15, 0.2) is 0 Å². The Morgan fingerprint density at radius 3 is 2.46 bits per heavy atom. The fraction of sp³-hybridized carbons (Fsp3) is 0.474. The average molecular weight is 394 g/mol. The number of hydrogen-bond acceptors (Lipinski definition) is 3. The maximum Gasteiger partial charge on any atom is 0.418 e. The van der Waals surface area contributed by atoms with Crippen molar-refractivity contribution in [2.45, 2.75) is 49.5 Å². The van der Waals surface area contributed by atoms with E-state index in [4.69, 9.17) is 0 Å². The summed E-state index contributed by atoms with van der Waals surface area (Å²) in [5.41, 5.74) is -2.29. The van der Waals surface area contributed by atoms with Gasteiger partial charge in [-0.05, 0) is 25.0 Å². The summed E-state index contributed by atoms with van der Waals surface area (Å²) >= 11 is 0. The summed E-state index contributed by atoms with van der Waals surface area (Å²) in [4.78, 5) is 18.7. The van der Waals surface area contributed by atoms with E-state index >= 15 is 0 Å². The molecule has 9 heteroatoms. The second kappa shape index (κ2) is 6.51. The Kier molecular flexibility index (Phi) is 4.37. The van der Waals surface area contributed by atoms with Crippen LogP contribution in [0.2, 0.25) is 0 Å². The number of nitrogens with one attached hydrogen (secondary N) is 1. The number of benzene rings is 1. The SMILES string of the molecule is Cn1ccnc1C1(O)C[C@@H]2CC[C@@H](C1)N2C(=O)Nc1ccccc1C(F)(F)F. The molecule has 2 fully saturated rings. The van der Waals surface area contributed by atoms with Gasteiger partial charge in [0.1, 0.15) is 11.4 Å². The number of amides is 2. The summed E-state index contributed by atoms with van der Waals surface area (Å²) in [6.07, 6.45) is 0.830. The van der Waals surface area contributed by atoms with Crippen molar-refractivity contribution in [3.8, 4) is 0 Å². The Morgan fingerprint density at radius 1 is 1.25 bits per heavy atom. The summed E-state index contributed by atoms with van der Waals surface area (Å²) in [5.74, 6) is 0.548. The number of halogens is 3. The fourth-order valence-electron chi connectivity index (χ4n) is 4.57. The molecule has 1 aromatic heterocycles. The molecule has 0 saturated carbocycles. The summed E-state index contributed by atoms with van der Waals surface area (Å²) in [6.45, 7) is 0. The van der Waals surface area contributed by atoms with Crippen LogP contribution < -0.4 is 5.32 Å². The zero-order valence-corrected chi connectivity index (χ0v) is 15.3. The zero-order chi connectivity index (χ0) is 20.1. The third kappa shape index (κ3) is 3.13. The van der Waals surface area contributed by atoms with Gasteiger partial charge >= 0.3 is 12.2 Å². The number of aliphatic hydroxyl groups is 1. The first-order valence-electron chi connectivity index (χ1n) is 9.15. The lowest BCUT2D eigenvalue weighted by molar-refractivity contribution is -0.136. The van der Waals surface area contributed by atoms with Gasteiger partial charge in [-0.25, -0.2) is 9.78 Å². The lowest BCUT2D eigenvalue weighted by atomic mass is 9.85. The first kappa shape index (κ1) is 18.8. The minimum Gasteiger partial charge on any atom is -0.382 e. The average Bonchev–Trinajstić information content (AvgIpc) is 3.17. The van der Waals surface area contributed by atoms with Crippen LogP contribution in [0.25, 0.3) is 0 Å². The van der Waals surface area contributed by atoms with Gasteiger partial charge in [-0.15, -0.1) is 0 Å². The van der Waals surface area contributed by atoms with E-state index in [1.165, 1.54) is 18.2 Å². The molecule has 0 aliphatic carbocycles. The largest absolute Gasteiger partial charge is 0.418 e. The molecular formula is C19H21F3N4O2. The molecule has 2 aliphatic rings. The van der Waals surface area contributed by atoms with E-state index in [1.54, 1.807) is 28.9 Å². The highest BCUT2D eigenvalue weighted by Crippen LogP contribution is 2.45. The molecule has 0 radical (unpaired) electrons. The van der Waals surface area contributed by atoms with Gasteiger partial charge in [0.2, 0.25) is 0 Å². The number of urea groups is 1. The van der Waals surface area contributed by atoms with Gasteiger partial charge in [0.25, 0.3) is 0 Å². The Labute approximate surface area is 160 Å². The molecule has 0 unspecified atom stereocenters. The number of piperidine rings is 1. The van der Waals surface area contributed by atoms with Crippen molar-refractivity contribution in [3.63, 3.8) is 0 Å². The number of carbonyl (C=O) groups excluding carboxylic acids is 1. The number of carbonyl (C=O) groups is 1. The standard InChI is InChI=1S/C19H21F3N4O2/c1-25-9-8-23-16(25)18(28)10-12-6-7-13(11-18)26(12)17(27)24-15-5-3-2-4-14(15)19(20,21)22/h2-5,8-9,12-13,28H,6-7,10-11H2,1H3,(H,24,27)/t12-,13-/m0/s1. The first-order valence-corrected chi connectivity index (χ1v) is 9.15. The number of aromatic nitrogens is 2. The van der Waals surface area contributed by atoms with Crippen LogP contribution >= 0.6 is 0 Å². The van der Waals surface area contributed by atoms with Crippen molar-refractivity contribution in [2.24, 2.45) is 7.05 Å². The zero-order valence-electron chi connectivity index (χ0n) is 15.3. The molecule has 2 aliphatic heterocycles. The second-order valence-corrected chi connectivity index (χ2v) is 7.57. The molecule has 150 valence electrons. The van der Waals surface area contributed by atoms with Crippen molar-refractivity contribution in [1.29, 1.82) is 0 Å². The number of aryl methyl sites for hydroxylation is 1. The van der Waals surface area contributed by atoms with Gasteiger partial charge in [-0.2, -0.15) is 13.2 Å². The number of nitrogens with zero attached hydrogens (tertiary/aromatic N) is 3. The van der Waals surface area contributed by atoms with E-state index in [1.807, 2.05) is 0 Å². The van der Waals surface area contributed by atoms with Crippen molar-refractivity contribution < 1.29 is 23.1 Å². The summed E-state index contributed by atoms with van der Waals surface area (Å²) in [7, 11) is 1.80. The molecule has 0 spiro atoms. The van der Waals surface area contributed by atoms with E-state index < -0.39 is 23.4 Å². The lowest BCUT2D eigenvalue weighted by Crippen LogP contribution is -2.53. The highest BCUT2D eigenvalue weighted by Gasteiger charge is 2.51. The summed E-state index contributed by atoms with van der Waals surface area (Å²) < 4.78 is 41.3. The second-order valence-electron chi connectivity index (χ2n) is 7.57. The van der Waals surface area contributed by atoms with E-state index in [9.17, 15) is 23.1 Å². The van der Waals surface area contributed by atoms with E-state index in [0.717, 1.165) is 6.07 Å². The Balaban J connectivity index is 1.55. The molecule has 28 heavy (non-hydrogen) atoms. The Bertz CT molecular complexity index is 881. The molecule has 3 heterocycles. The molecule has 2 saturated heterocycles. The predicted molar refractivity (Wildman–Crippen MR) is 95.5 cm³/mol. The van der Waals surface area contributed by atoms with Crippen LogP contribution in [0, 0.1) is 0 Å².